The highest BCUT2D eigenvalue weighted by Gasteiger charge is 2.48. The van der Waals surface area contributed by atoms with Gasteiger partial charge in [0, 0.05) is 14.0 Å². The van der Waals surface area contributed by atoms with Crippen molar-refractivity contribution in [3.8, 4) is 0 Å². The second-order valence-corrected chi connectivity index (χ2v) is 5.55. The van der Waals surface area contributed by atoms with E-state index in [1.807, 2.05) is 0 Å². The van der Waals surface area contributed by atoms with Crippen molar-refractivity contribution >= 4 is 7.60 Å². The van der Waals surface area contributed by atoms with E-state index in [0.717, 1.165) is 0 Å². The van der Waals surface area contributed by atoms with Gasteiger partial charge in [0.1, 0.15) is 18.3 Å². The maximum Gasteiger partial charge on any atom is 0.274 e. The lowest BCUT2D eigenvalue weighted by Crippen LogP contribution is -2.58. The molecule has 5 atom stereocenters. The van der Waals surface area contributed by atoms with E-state index in [1.54, 1.807) is 0 Å². The summed E-state index contributed by atoms with van der Waals surface area (Å²) in [4.78, 5) is 20.5. The van der Waals surface area contributed by atoms with Crippen molar-refractivity contribution in [2.45, 2.75) is 42.8 Å². The minimum Gasteiger partial charge on any atom is -0.807 e. The van der Waals surface area contributed by atoms with Crippen LogP contribution in [-0.2, 0) is 9.30 Å². The number of alkyl halides is 2. The van der Waals surface area contributed by atoms with Crippen LogP contribution in [0.1, 0.15) is 6.42 Å². The van der Waals surface area contributed by atoms with Crippen LogP contribution >= 0.6 is 7.60 Å². The number of halogens is 2. The summed E-state index contributed by atoms with van der Waals surface area (Å²) >= 11 is 0. The maximum atomic E-state index is 12.9. The first-order valence-corrected chi connectivity index (χ1v) is 6.29. The molecule has 5 unspecified atom stereocenters. The zero-order chi connectivity index (χ0) is 14.3. The van der Waals surface area contributed by atoms with Gasteiger partial charge in [-0.05, 0) is 0 Å². The highest BCUT2D eigenvalue weighted by Crippen LogP contribution is 2.49. The van der Waals surface area contributed by atoms with Gasteiger partial charge in [0.05, 0.1) is 6.10 Å². The van der Waals surface area contributed by atoms with E-state index in [0.29, 0.717) is 0 Å². The number of aliphatic hydroxyl groups is 4. The lowest BCUT2D eigenvalue weighted by atomic mass is 9.97. The first-order chi connectivity index (χ1) is 7.97. The number of ether oxygens (including phenoxy) is 1. The van der Waals surface area contributed by atoms with E-state index < -0.39 is 50.4 Å². The lowest BCUT2D eigenvalue weighted by Gasteiger charge is -2.43. The minimum absolute atomic E-state index is 1.74. The fraction of sp³-hybridized carbons (Fsp3) is 1.00. The molecule has 0 bridgehead atoms. The van der Waals surface area contributed by atoms with Crippen LogP contribution in [0.15, 0.2) is 0 Å². The molecule has 0 radical (unpaired) electrons. The molecule has 108 valence electrons. The summed E-state index contributed by atoms with van der Waals surface area (Å²) < 4.78 is 40.5. The van der Waals surface area contributed by atoms with Crippen molar-refractivity contribution in [2.24, 2.45) is 0 Å². The summed E-state index contributed by atoms with van der Waals surface area (Å²) in [6.07, 6.45) is -11.8. The fourth-order valence-electron chi connectivity index (χ4n) is 1.45. The molecule has 1 fully saturated rings. The molecule has 8 nitrogen and oxygen atoms in total. The molecule has 18 heavy (non-hydrogen) atoms. The maximum absolute atomic E-state index is 12.9. The molecule has 1 aliphatic heterocycles. The lowest BCUT2D eigenvalue weighted by molar-refractivity contribution is -0.339. The van der Waals surface area contributed by atoms with Crippen LogP contribution in [0.3, 0.4) is 0 Å². The van der Waals surface area contributed by atoms with Crippen LogP contribution in [0.2, 0.25) is 0 Å². The van der Waals surface area contributed by atoms with Crippen molar-refractivity contribution in [3.63, 3.8) is 0 Å². The van der Waals surface area contributed by atoms with E-state index in [-0.39, 0.29) is 0 Å². The Balaban J connectivity index is 2.82. The van der Waals surface area contributed by atoms with E-state index in [9.17, 15) is 33.3 Å². The summed E-state index contributed by atoms with van der Waals surface area (Å²) in [6.45, 7) is 0. The average Bonchev–Trinajstić information content (AvgIpc) is 2.21. The molecule has 11 heteroatoms. The van der Waals surface area contributed by atoms with Gasteiger partial charge in [0.2, 0.25) is 0 Å². The summed E-state index contributed by atoms with van der Waals surface area (Å²) in [5.74, 6) is 0. The molecule has 1 aliphatic rings. The van der Waals surface area contributed by atoms with Crippen molar-refractivity contribution in [3.05, 3.63) is 0 Å². The van der Waals surface area contributed by atoms with Crippen LogP contribution in [0, 0.1) is 0 Å². The smallest absolute Gasteiger partial charge is 0.274 e. The van der Waals surface area contributed by atoms with Gasteiger partial charge in [-0.3, -0.25) is 0 Å². The fourth-order valence-corrected chi connectivity index (χ4v) is 1.86. The van der Waals surface area contributed by atoms with Crippen molar-refractivity contribution < 1.29 is 48.3 Å². The van der Waals surface area contributed by atoms with E-state index in [2.05, 4.69) is 4.74 Å². The standard InChI is InChI=1S/C7H13F2O8P/c8-7(9,18(14,15)16)1-2-3(10)4(11)5(12)6(13)17-2/h2-6,10-13H,1H2,(H2,14,15,16)/p-2. The quantitative estimate of drug-likeness (QED) is 0.394. The number of rotatable bonds is 3. The summed E-state index contributed by atoms with van der Waals surface area (Å²) in [7, 11) is -6.27. The first kappa shape index (κ1) is 15.9. The highest BCUT2D eigenvalue weighted by atomic mass is 31.2. The Morgan fingerprint density at radius 2 is 1.61 bits per heavy atom. The molecule has 0 aromatic rings. The number of aliphatic hydroxyl groups excluding tert-OH is 4. The Morgan fingerprint density at radius 1 is 1.11 bits per heavy atom. The van der Waals surface area contributed by atoms with Crippen molar-refractivity contribution in [2.75, 3.05) is 0 Å². The molecule has 0 spiro atoms. The van der Waals surface area contributed by atoms with Gasteiger partial charge in [0.25, 0.3) is 5.66 Å². The van der Waals surface area contributed by atoms with Gasteiger partial charge in [-0.1, -0.05) is 0 Å². The summed E-state index contributed by atoms with van der Waals surface area (Å²) in [5, 5.41) is 36.5. The van der Waals surface area contributed by atoms with Crippen LogP contribution < -0.4 is 9.79 Å². The summed E-state index contributed by atoms with van der Waals surface area (Å²) in [6, 6.07) is 0. The largest absolute Gasteiger partial charge is 0.807 e. The van der Waals surface area contributed by atoms with Gasteiger partial charge < -0.3 is 39.5 Å². The Bertz CT molecular complexity index is 346. The molecule has 1 heterocycles. The molecular weight excluding hydrogens is 281 g/mol. The van der Waals surface area contributed by atoms with E-state index in [1.165, 1.54) is 0 Å². The molecule has 1 saturated heterocycles. The van der Waals surface area contributed by atoms with Crippen molar-refractivity contribution in [1.82, 2.24) is 0 Å². The zero-order valence-electron chi connectivity index (χ0n) is 8.72. The zero-order valence-corrected chi connectivity index (χ0v) is 9.61. The number of hydrogen-bond acceptors (Lipinski definition) is 8. The normalized spacial score (nSPS) is 38.8. The Labute approximate surface area is 99.6 Å². The van der Waals surface area contributed by atoms with Crippen LogP contribution in [-0.4, -0.2) is 56.8 Å². The number of hydrogen-bond donors (Lipinski definition) is 4. The van der Waals surface area contributed by atoms with E-state index >= 15 is 0 Å². The van der Waals surface area contributed by atoms with Gasteiger partial charge in [0.15, 0.2) is 6.29 Å². The summed E-state index contributed by atoms with van der Waals surface area (Å²) in [5.41, 5.74) is -4.71. The molecule has 0 aromatic carbocycles. The Kier molecular flexibility index (Phi) is 4.46. The van der Waals surface area contributed by atoms with Gasteiger partial charge >= 0.3 is 0 Å². The Hall–Kier alpha value is -0.190. The molecule has 1 rings (SSSR count). The molecule has 0 saturated carbocycles. The first-order valence-electron chi connectivity index (χ1n) is 4.75. The average molecular weight is 292 g/mol. The molecule has 0 aliphatic carbocycles. The Morgan fingerprint density at radius 3 is 2.06 bits per heavy atom. The minimum atomic E-state index is -6.27. The second kappa shape index (κ2) is 5.06. The van der Waals surface area contributed by atoms with Crippen LogP contribution in [0.5, 0.6) is 0 Å². The molecule has 0 aromatic heterocycles. The van der Waals surface area contributed by atoms with Gasteiger partial charge in [-0.15, -0.1) is 0 Å². The predicted molar refractivity (Wildman–Crippen MR) is 46.1 cm³/mol. The SMILES string of the molecule is O=P([O-])([O-])C(F)(F)CC1OC(O)C(O)C(O)C1O. The van der Waals surface area contributed by atoms with Gasteiger partial charge in [-0.25, -0.2) is 8.78 Å². The third-order valence-corrected chi connectivity index (χ3v) is 3.52. The molecular formula is C7H11F2O8P-2. The van der Waals surface area contributed by atoms with Crippen LogP contribution in [0.4, 0.5) is 8.78 Å². The third kappa shape index (κ3) is 3.03. The second-order valence-electron chi connectivity index (χ2n) is 3.90. The molecule has 4 N–H and O–H groups in total. The topological polar surface area (TPSA) is 153 Å². The molecule has 0 amide bonds. The third-order valence-electron chi connectivity index (χ3n) is 2.53. The van der Waals surface area contributed by atoms with E-state index in [4.69, 9.17) is 10.2 Å². The van der Waals surface area contributed by atoms with Crippen molar-refractivity contribution in [1.29, 1.82) is 0 Å². The highest BCUT2D eigenvalue weighted by molar-refractivity contribution is 7.50. The van der Waals surface area contributed by atoms with Gasteiger partial charge in [-0.2, -0.15) is 0 Å². The predicted octanol–water partition coefficient (Wildman–Crippen LogP) is -3.32. The van der Waals surface area contributed by atoms with Crippen LogP contribution in [0.25, 0.3) is 0 Å². The monoisotopic (exact) mass is 292 g/mol.